The molecule has 4 unspecified atom stereocenters. The van der Waals surface area contributed by atoms with Gasteiger partial charge in [-0.15, -0.1) is 11.8 Å². The van der Waals surface area contributed by atoms with Crippen LogP contribution in [-0.4, -0.2) is 75.4 Å². The van der Waals surface area contributed by atoms with Crippen LogP contribution in [0.3, 0.4) is 0 Å². The van der Waals surface area contributed by atoms with Gasteiger partial charge in [0.15, 0.2) is 5.78 Å². The molecule has 3 aliphatic heterocycles. The highest BCUT2D eigenvalue weighted by atomic mass is 32.2. The smallest absolute Gasteiger partial charge is 0.319 e. The molecular weight excluding hydrogens is 418 g/mol. The monoisotopic (exact) mass is 445 g/mol. The second-order valence-electron chi connectivity index (χ2n) is 8.57. The third-order valence-corrected chi connectivity index (χ3v) is 7.51. The highest BCUT2D eigenvalue weighted by Gasteiger charge is 2.63. The lowest BCUT2D eigenvalue weighted by molar-refractivity contribution is -0.154. The van der Waals surface area contributed by atoms with Gasteiger partial charge in [0.25, 0.3) is 0 Å². The second-order valence-corrected chi connectivity index (χ2v) is 10.3. The predicted molar refractivity (Wildman–Crippen MR) is 116 cm³/mol. The van der Waals surface area contributed by atoms with Gasteiger partial charge in [-0.1, -0.05) is 30.3 Å². The lowest BCUT2D eigenvalue weighted by atomic mass is 9.93. The topological polar surface area (TPSA) is 111 Å². The number of nitrogens with zero attached hydrogens (tertiary/aromatic N) is 2. The van der Waals surface area contributed by atoms with Gasteiger partial charge in [0, 0.05) is 17.8 Å². The van der Waals surface area contributed by atoms with E-state index >= 15 is 0 Å². The molecule has 1 aromatic rings. The third-order valence-electron chi connectivity index (χ3n) is 5.94. The zero-order valence-electron chi connectivity index (χ0n) is 17.8. The molecule has 1 aromatic carbocycles. The normalized spacial score (nSPS) is 27.3. The molecule has 0 aromatic heterocycles. The number of amides is 4. The number of Topliss-reactive ketones (excluding diaryl/α,β-unsaturated/α-hetero) is 1. The van der Waals surface area contributed by atoms with Gasteiger partial charge in [0.2, 0.25) is 11.8 Å². The molecule has 9 nitrogen and oxygen atoms in total. The number of hydrogen-bond acceptors (Lipinski definition) is 6. The minimum Gasteiger partial charge on any atom is -0.340 e. The van der Waals surface area contributed by atoms with Gasteiger partial charge in [-0.2, -0.15) is 0 Å². The largest absolute Gasteiger partial charge is 0.340 e. The number of benzene rings is 1. The first kappa shape index (κ1) is 21.6. The fraction of sp³-hybridized carbons (Fsp3) is 0.524. The SMILES string of the molecule is CC(=O)C1N2C(=O)C(NC(=O)C(NC(=O)N3CCNC3)c3ccccc3)C2SC1(C)C. The first-order valence-corrected chi connectivity index (χ1v) is 11.2. The predicted octanol–water partition coefficient (Wildman–Crippen LogP) is 0.436. The fourth-order valence-corrected chi connectivity index (χ4v) is 6.18. The Morgan fingerprint density at radius 2 is 1.94 bits per heavy atom. The number of urea groups is 1. The molecule has 4 amide bonds. The van der Waals surface area contributed by atoms with Crippen molar-refractivity contribution in [2.45, 2.75) is 49.0 Å². The van der Waals surface area contributed by atoms with Crippen molar-refractivity contribution in [1.82, 2.24) is 25.8 Å². The molecule has 4 rings (SSSR count). The van der Waals surface area contributed by atoms with E-state index in [1.165, 1.54) is 18.7 Å². The minimum absolute atomic E-state index is 0.0632. The lowest BCUT2D eigenvalue weighted by Gasteiger charge is -2.44. The zero-order valence-corrected chi connectivity index (χ0v) is 18.6. The van der Waals surface area contributed by atoms with Crippen molar-refractivity contribution in [2.24, 2.45) is 0 Å². The van der Waals surface area contributed by atoms with Gasteiger partial charge >= 0.3 is 6.03 Å². The molecule has 3 aliphatic rings. The van der Waals surface area contributed by atoms with Gasteiger partial charge in [-0.3, -0.25) is 19.7 Å². The molecule has 3 heterocycles. The number of β-lactam (4-membered cyclic amide) rings is 1. The second kappa shape index (κ2) is 8.16. The lowest BCUT2D eigenvalue weighted by Crippen LogP contribution is -2.71. The van der Waals surface area contributed by atoms with Crippen LogP contribution in [0.25, 0.3) is 0 Å². The van der Waals surface area contributed by atoms with Crippen LogP contribution in [0.1, 0.15) is 32.4 Å². The van der Waals surface area contributed by atoms with E-state index in [1.807, 2.05) is 19.9 Å². The standard InChI is InChI=1S/C21H27N5O4S/c1-12(27)16-21(2,3)31-19-15(18(29)26(16)19)23-17(28)14(13-7-5-4-6-8-13)24-20(30)25-10-9-22-11-25/h4-8,14-16,19,22H,9-11H2,1-3H3,(H,23,28)(H,24,30). The number of thioether (sulfide) groups is 1. The number of ketones is 1. The van der Waals surface area contributed by atoms with Crippen LogP contribution in [0.15, 0.2) is 30.3 Å². The summed E-state index contributed by atoms with van der Waals surface area (Å²) in [7, 11) is 0. The average Bonchev–Trinajstić information content (AvgIpc) is 3.35. The summed E-state index contributed by atoms with van der Waals surface area (Å²) in [5.41, 5.74) is 0.630. The maximum atomic E-state index is 13.2. The number of carbonyl (C=O) groups excluding carboxylic acids is 4. The van der Waals surface area contributed by atoms with E-state index in [-0.39, 0.29) is 23.1 Å². The van der Waals surface area contributed by atoms with E-state index in [0.717, 1.165) is 0 Å². The van der Waals surface area contributed by atoms with Crippen molar-refractivity contribution in [1.29, 1.82) is 0 Å². The highest BCUT2D eigenvalue weighted by molar-refractivity contribution is 8.01. The van der Waals surface area contributed by atoms with Crippen LogP contribution in [-0.2, 0) is 14.4 Å². The summed E-state index contributed by atoms with van der Waals surface area (Å²) < 4.78 is -0.429. The van der Waals surface area contributed by atoms with Crippen LogP contribution in [0, 0.1) is 0 Å². The molecule has 0 saturated carbocycles. The molecule has 3 fully saturated rings. The van der Waals surface area contributed by atoms with Crippen molar-refractivity contribution < 1.29 is 19.2 Å². The molecule has 0 radical (unpaired) electrons. The van der Waals surface area contributed by atoms with Gasteiger partial charge in [-0.25, -0.2) is 4.79 Å². The highest BCUT2D eigenvalue weighted by Crippen LogP contribution is 2.51. The van der Waals surface area contributed by atoms with E-state index in [0.29, 0.717) is 25.3 Å². The Labute approximate surface area is 185 Å². The summed E-state index contributed by atoms with van der Waals surface area (Å²) >= 11 is 1.52. The molecule has 0 spiro atoms. The Balaban J connectivity index is 1.50. The summed E-state index contributed by atoms with van der Waals surface area (Å²) in [6.45, 7) is 7.05. The molecule has 4 atom stereocenters. The zero-order chi connectivity index (χ0) is 22.3. The van der Waals surface area contributed by atoms with Crippen LogP contribution >= 0.6 is 11.8 Å². The van der Waals surface area contributed by atoms with Crippen LogP contribution in [0.2, 0.25) is 0 Å². The first-order chi connectivity index (χ1) is 14.7. The van der Waals surface area contributed by atoms with Crippen molar-refractivity contribution >= 4 is 35.4 Å². The summed E-state index contributed by atoms with van der Waals surface area (Å²) in [6, 6.07) is 6.44. The van der Waals surface area contributed by atoms with E-state index < -0.39 is 28.8 Å². The van der Waals surface area contributed by atoms with Crippen LogP contribution in [0.4, 0.5) is 4.79 Å². The van der Waals surface area contributed by atoms with Gasteiger partial charge in [-0.05, 0) is 26.3 Å². The minimum atomic E-state index is -0.931. The Bertz CT molecular complexity index is 902. The molecule has 3 N–H and O–H groups in total. The molecular formula is C21H27N5O4S. The molecule has 31 heavy (non-hydrogen) atoms. The van der Waals surface area contributed by atoms with Crippen LogP contribution < -0.4 is 16.0 Å². The van der Waals surface area contributed by atoms with Crippen molar-refractivity contribution in [3.63, 3.8) is 0 Å². The number of fused-ring (bicyclic) bond motifs is 1. The molecule has 10 heteroatoms. The van der Waals surface area contributed by atoms with Gasteiger partial charge in [0.1, 0.15) is 23.5 Å². The maximum absolute atomic E-state index is 13.2. The number of carbonyl (C=O) groups is 4. The molecule has 0 aliphatic carbocycles. The van der Waals surface area contributed by atoms with Crippen LogP contribution in [0.5, 0.6) is 0 Å². The third kappa shape index (κ3) is 3.89. The fourth-order valence-electron chi connectivity index (χ4n) is 4.49. The van der Waals surface area contributed by atoms with Crippen molar-refractivity contribution in [3.05, 3.63) is 35.9 Å². The maximum Gasteiger partial charge on any atom is 0.319 e. The molecule has 166 valence electrons. The number of nitrogens with one attached hydrogen (secondary N) is 3. The van der Waals surface area contributed by atoms with Crippen molar-refractivity contribution in [2.75, 3.05) is 19.8 Å². The van der Waals surface area contributed by atoms with E-state index in [9.17, 15) is 19.2 Å². The van der Waals surface area contributed by atoms with E-state index in [4.69, 9.17) is 0 Å². The average molecular weight is 446 g/mol. The number of hydrogen-bond donors (Lipinski definition) is 3. The number of rotatable bonds is 5. The summed E-state index contributed by atoms with van der Waals surface area (Å²) in [5.74, 6) is -0.778. The van der Waals surface area contributed by atoms with E-state index in [2.05, 4.69) is 16.0 Å². The summed E-state index contributed by atoms with van der Waals surface area (Å²) in [6.07, 6.45) is 0. The molecule has 0 bridgehead atoms. The first-order valence-electron chi connectivity index (χ1n) is 10.3. The summed E-state index contributed by atoms with van der Waals surface area (Å²) in [5, 5.41) is 8.40. The Kier molecular flexibility index (Phi) is 5.69. The summed E-state index contributed by atoms with van der Waals surface area (Å²) in [4.78, 5) is 53.9. The quantitative estimate of drug-likeness (QED) is 0.567. The Morgan fingerprint density at radius 1 is 1.23 bits per heavy atom. The van der Waals surface area contributed by atoms with Gasteiger partial charge < -0.3 is 20.4 Å². The Hall–Kier alpha value is -2.59. The van der Waals surface area contributed by atoms with Crippen molar-refractivity contribution in [3.8, 4) is 0 Å². The molecule has 3 saturated heterocycles. The van der Waals surface area contributed by atoms with E-state index in [1.54, 1.807) is 34.1 Å². The Morgan fingerprint density at radius 3 is 2.55 bits per heavy atom. The van der Waals surface area contributed by atoms with Gasteiger partial charge in [0.05, 0.1) is 6.67 Å².